The zero-order chi connectivity index (χ0) is 11.2. The van der Waals surface area contributed by atoms with Crippen LogP contribution in [0.25, 0.3) is 11.7 Å². The van der Waals surface area contributed by atoms with Crippen LogP contribution in [-0.2, 0) is 6.54 Å². The number of nitrogens with zero attached hydrogens (tertiary/aromatic N) is 2. The highest BCUT2D eigenvalue weighted by atomic mass is 19.1. The number of alkyl halides is 1. The Kier molecular flexibility index (Phi) is 1.80. The van der Waals surface area contributed by atoms with E-state index in [1.165, 1.54) is 6.26 Å². The summed E-state index contributed by atoms with van der Waals surface area (Å²) in [6.07, 6.45) is 2.40. The Bertz CT molecular complexity index is 551. The Morgan fingerprint density at radius 3 is 3.00 bits per heavy atom. The molecule has 0 N–H and O–H groups in total. The third kappa shape index (κ3) is 1.56. The summed E-state index contributed by atoms with van der Waals surface area (Å²) in [5, 5.41) is 3.88. The van der Waals surface area contributed by atoms with Gasteiger partial charge in [0.1, 0.15) is 5.67 Å². The Hall–Kier alpha value is -1.85. The molecular formula is C10H9FN2O3. The number of hydrogen-bond donors (Lipinski definition) is 0. The van der Waals surface area contributed by atoms with Crippen LogP contribution in [-0.4, -0.2) is 15.4 Å². The molecule has 6 heteroatoms. The molecule has 16 heavy (non-hydrogen) atoms. The lowest BCUT2D eigenvalue weighted by atomic mass is 10.4. The molecule has 1 aliphatic rings. The molecule has 0 bridgehead atoms. The molecule has 5 nitrogen and oxygen atoms in total. The molecule has 2 aromatic rings. The zero-order valence-corrected chi connectivity index (χ0v) is 8.35. The summed E-state index contributed by atoms with van der Waals surface area (Å²) >= 11 is 0. The second-order valence-electron chi connectivity index (χ2n) is 3.96. The summed E-state index contributed by atoms with van der Waals surface area (Å²) in [5.74, 6) is -0.214. The van der Waals surface area contributed by atoms with Crippen LogP contribution in [0.4, 0.5) is 4.39 Å². The molecule has 0 radical (unpaired) electrons. The second kappa shape index (κ2) is 3.07. The normalized spacial score (nSPS) is 17.6. The van der Waals surface area contributed by atoms with Crippen molar-refractivity contribution in [1.29, 1.82) is 0 Å². The van der Waals surface area contributed by atoms with Crippen LogP contribution in [0.1, 0.15) is 12.8 Å². The van der Waals surface area contributed by atoms with E-state index in [1.54, 1.807) is 12.1 Å². The predicted octanol–water partition coefficient (Wildman–Crippen LogP) is 1.60. The van der Waals surface area contributed by atoms with E-state index in [0.29, 0.717) is 18.6 Å². The van der Waals surface area contributed by atoms with Crippen molar-refractivity contribution in [2.75, 3.05) is 0 Å². The highest BCUT2D eigenvalue weighted by molar-refractivity contribution is 5.42. The van der Waals surface area contributed by atoms with Gasteiger partial charge in [0.25, 0.3) is 5.89 Å². The Morgan fingerprint density at radius 1 is 1.56 bits per heavy atom. The Morgan fingerprint density at radius 2 is 2.38 bits per heavy atom. The van der Waals surface area contributed by atoms with Gasteiger partial charge >= 0.3 is 5.76 Å². The molecule has 0 aromatic carbocycles. The fourth-order valence-electron chi connectivity index (χ4n) is 1.47. The molecule has 1 fully saturated rings. The summed E-state index contributed by atoms with van der Waals surface area (Å²) in [5.41, 5.74) is -1.28. The van der Waals surface area contributed by atoms with Gasteiger partial charge in [-0.1, -0.05) is 0 Å². The number of halogens is 1. The van der Waals surface area contributed by atoms with Gasteiger partial charge in [-0.2, -0.15) is 4.68 Å². The summed E-state index contributed by atoms with van der Waals surface area (Å²) < 4.78 is 24.4. The van der Waals surface area contributed by atoms with Crippen molar-refractivity contribution in [2.45, 2.75) is 25.1 Å². The van der Waals surface area contributed by atoms with Crippen molar-refractivity contribution < 1.29 is 13.2 Å². The minimum absolute atomic E-state index is 0.0456. The van der Waals surface area contributed by atoms with Gasteiger partial charge in [0, 0.05) is 0 Å². The fraction of sp³-hybridized carbons (Fsp3) is 0.400. The second-order valence-corrected chi connectivity index (χ2v) is 3.96. The maximum atomic E-state index is 13.5. The van der Waals surface area contributed by atoms with Gasteiger partial charge in [-0.25, -0.2) is 9.18 Å². The van der Waals surface area contributed by atoms with Gasteiger partial charge < -0.3 is 8.83 Å². The Labute approximate surface area is 89.5 Å². The van der Waals surface area contributed by atoms with Gasteiger partial charge in [0.15, 0.2) is 5.76 Å². The smallest absolute Gasteiger partial charge is 0.437 e. The van der Waals surface area contributed by atoms with E-state index >= 15 is 0 Å². The van der Waals surface area contributed by atoms with Crippen LogP contribution < -0.4 is 5.76 Å². The van der Waals surface area contributed by atoms with Crippen molar-refractivity contribution in [1.82, 2.24) is 9.78 Å². The first kappa shape index (κ1) is 9.38. The van der Waals surface area contributed by atoms with Gasteiger partial charge in [-0.3, -0.25) is 0 Å². The first-order valence-electron chi connectivity index (χ1n) is 4.97. The van der Waals surface area contributed by atoms with Gasteiger partial charge in [0.2, 0.25) is 0 Å². The minimum Gasteiger partial charge on any atom is -0.459 e. The van der Waals surface area contributed by atoms with Crippen LogP contribution in [0.3, 0.4) is 0 Å². The van der Waals surface area contributed by atoms with Crippen LogP contribution >= 0.6 is 0 Å². The van der Waals surface area contributed by atoms with E-state index < -0.39 is 11.4 Å². The highest BCUT2D eigenvalue weighted by Crippen LogP contribution is 2.40. The van der Waals surface area contributed by atoms with Crippen LogP contribution in [0.5, 0.6) is 0 Å². The van der Waals surface area contributed by atoms with E-state index in [-0.39, 0.29) is 12.4 Å². The summed E-state index contributed by atoms with van der Waals surface area (Å²) in [6.45, 7) is -0.0456. The molecule has 0 unspecified atom stereocenters. The SMILES string of the molecule is O=c1oc(-c2ccco2)nn1CC1(F)CC1. The summed E-state index contributed by atoms with van der Waals surface area (Å²) in [4.78, 5) is 11.4. The average molecular weight is 224 g/mol. The summed E-state index contributed by atoms with van der Waals surface area (Å²) in [7, 11) is 0. The molecule has 1 aliphatic carbocycles. The lowest BCUT2D eigenvalue weighted by Crippen LogP contribution is -2.22. The first-order chi connectivity index (χ1) is 7.66. The van der Waals surface area contributed by atoms with E-state index in [0.717, 1.165) is 4.68 Å². The average Bonchev–Trinajstić information content (AvgIpc) is 2.72. The fourth-order valence-corrected chi connectivity index (χ4v) is 1.47. The summed E-state index contributed by atoms with van der Waals surface area (Å²) in [6, 6.07) is 3.28. The third-order valence-corrected chi connectivity index (χ3v) is 2.56. The van der Waals surface area contributed by atoms with Crippen LogP contribution in [0.15, 0.2) is 32.0 Å². The molecule has 0 spiro atoms. The van der Waals surface area contributed by atoms with E-state index in [1.807, 2.05) is 0 Å². The van der Waals surface area contributed by atoms with Crippen molar-refractivity contribution >= 4 is 0 Å². The molecule has 0 atom stereocenters. The third-order valence-electron chi connectivity index (χ3n) is 2.56. The molecule has 0 saturated heterocycles. The molecule has 0 aliphatic heterocycles. The Balaban J connectivity index is 1.93. The molecule has 2 heterocycles. The number of furan rings is 1. The molecule has 1 saturated carbocycles. The van der Waals surface area contributed by atoms with Crippen molar-refractivity contribution in [3.05, 3.63) is 28.9 Å². The van der Waals surface area contributed by atoms with E-state index in [2.05, 4.69) is 5.10 Å². The lowest BCUT2D eigenvalue weighted by Gasteiger charge is -2.00. The number of aromatic nitrogens is 2. The topological polar surface area (TPSA) is 61.2 Å². The van der Waals surface area contributed by atoms with Crippen molar-refractivity contribution in [2.24, 2.45) is 0 Å². The molecule has 3 rings (SSSR count). The van der Waals surface area contributed by atoms with Gasteiger partial charge in [-0.15, -0.1) is 5.10 Å². The van der Waals surface area contributed by atoms with E-state index in [9.17, 15) is 9.18 Å². The maximum Gasteiger partial charge on any atom is 0.437 e. The maximum absolute atomic E-state index is 13.5. The van der Waals surface area contributed by atoms with Gasteiger partial charge in [-0.05, 0) is 25.0 Å². The molecule has 84 valence electrons. The molecule has 2 aromatic heterocycles. The van der Waals surface area contributed by atoms with E-state index in [4.69, 9.17) is 8.83 Å². The van der Waals surface area contributed by atoms with Crippen LogP contribution in [0, 0.1) is 0 Å². The quantitative estimate of drug-likeness (QED) is 0.794. The number of rotatable bonds is 3. The zero-order valence-electron chi connectivity index (χ0n) is 8.35. The van der Waals surface area contributed by atoms with Crippen molar-refractivity contribution in [3.63, 3.8) is 0 Å². The van der Waals surface area contributed by atoms with Crippen LogP contribution in [0.2, 0.25) is 0 Å². The lowest BCUT2D eigenvalue weighted by molar-refractivity contribution is 0.254. The highest BCUT2D eigenvalue weighted by Gasteiger charge is 2.44. The monoisotopic (exact) mass is 224 g/mol. The first-order valence-corrected chi connectivity index (χ1v) is 4.97. The largest absolute Gasteiger partial charge is 0.459 e. The molecule has 0 amide bonds. The number of hydrogen-bond acceptors (Lipinski definition) is 4. The van der Waals surface area contributed by atoms with Crippen molar-refractivity contribution in [3.8, 4) is 11.7 Å². The predicted molar refractivity (Wildman–Crippen MR) is 51.5 cm³/mol. The minimum atomic E-state index is -1.28. The standard InChI is InChI=1S/C10H9FN2O3/c11-10(3-4-10)6-13-9(14)16-8(12-13)7-2-1-5-15-7/h1-2,5H,3-4,6H2. The molecular weight excluding hydrogens is 215 g/mol. The van der Waals surface area contributed by atoms with Gasteiger partial charge in [0.05, 0.1) is 12.8 Å².